The van der Waals surface area contributed by atoms with Gasteiger partial charge in [-0.1, -0.05) is 73.7 Å². The van der Waals surface area contributed by atoms with E-state index in [0.717, 1.165) is 15.8 Å². The number of fused-ring (bicyclic) bond motifs is 1. The molecule has 0 saturated heterocycles. The molecule has 0 bridgehead atoms. The number of ether oxygens (including phenoxy) is 1. The molecule has 5 heteroatoms. The summed E-state index contributed by atoms with van der Waals surface area (Å²) in [7, 11) is 0. The van der Waals surface area contributed by atoms with Crippen LogP contribution < -0.4 is 9.64 Å². The van der Waals surface area contributed by atoms with Gasteiger partial charge in [0, 0.05) is 0 Å². The van der Waals surface area contributed by atoms with E-state index < -0.39 is 0 Å². The van der Waals surface area contributed by atoms with E-state index >= 15 is 0 Å². The summed E-state index contributed by atoms with van der Waals surface area (Å²) < 4.78 is 6.96. The molecule has 1 amide bonds. The first-order chi connectivity index (χ1) is 15.4. The van der Waals surface area contributed by atoms with Crippen LogP contribution >= 0.6 is 11.3 Å². The van der Waals surface area contributed by atoms with Crippen LogP contribution in [0.3, 0.4) is 0 Å². The molecule has 3 aromatic carbocycles. The number of anilines is 1. The van der Waals surface area contributed by atoms with Gasteiger partial charge in [-0.2, -0.15) is 0 Å². The average molecular weight is 445 g/mol. The van der Waals surface area contributed by atoms with Crippen LogP contribution in [0.5, 0.6) is 5.75 Å². The summed E-state index contributed by atoms with van der Waals surface area (Å²) in [6.07, 6.45) is 0. The summed E-state index contributed by atoms with van der Waals surface area (Å²) >= 11 is 1.55. The van der Waals surface area contributed by atoms with E-state index in [1.54, 1.807) is 16.2 Å². The molecule has 0 saturated carbocycles. The highest BCUT2D eigenvalue weighted by atomic mass is 32.1. The third-order valence-electron chi connectivity index (χ3n) is 5.43. The molecule has 0 radical (unpaired) electrons. The maximum atomic E-state index is 13.3. The molecule has 0 spiro atoms. The van der Waals surface area contributed by atoms with Gasteiger partial charge in [-0.3, -0.25) is 9.69 Å². The Morgan fingerprint density at radius 2 is 1.75 bits per heavy atom. The number of benzene rings is 3. The van der Waals surface area contributed by atoms with Crippen LogP contribution in [0.4, 0.5) is 5.13 Å². The predicted octanol–water partition coefficient (Wildman–Crippen LogP) is 6.65. The number of hydrogen-bond donors (Lipinski definition) is 0. The van der Waals surface area contributed by atoms with Gasteiger partial charge in [0.25, 0.3) is 5.91 Å². The summed E-state index contributed by atoms with van der Waals surface area (Å²) in [4.78, 5) is 19.8. The molecular weight excluding hydrogens is 416 g/mol. The fourth-order valence-electron chi connectivity index (χ4n) is 3.68. The van der Waals surface area contributed by atoms with Crippen molar-refractivity contribution in [2.24, 2.45) is 0 Å². The molecule has 1 aromatic heterocycles. The van der Waals surface area contributed by atoms with Crippen molar-refractivity contribution in [3.8, 4) is 5.75 Å². The van der Waals surface area contributed by atoms with Crippen LogP contribution in [0.15, 0.2) is 66.7 Å². The molecule has 0 aliphatic carbocycles. The van der Waals surface area contributed by atoms with E-state index in [1.165, 1.54) is 16.7 Å². The zero-order valence-corrected chi connectivity index (χ0v) is 19.8. The summed E-state index contributed by atoms with van der Waals surface area (Å²) in [5.41, 5.74) is 5.57. The van der Waals surface area contributed by atoms with E-state index in [0.29, 0.717) is 23.3 Å². The Bertz CT molecular complexity index is 1210. The van der Waals surface area contributed by atoms with Crippen molar-refractivity contribution >= 4 is 32.6 Å². The minimum atomic E-state index is -0.116. The van der Waals surface area contributed by atoms with Crippen molar-refractivity contribution in [1.82, 2.24) is 4.98 Å². The lowest BCUT2D eigenvalue weighted by Gasteiger charge is -2.20. The molecule has 4 aromatic rings. The van der Waals surface area contributed by atoms with E-state index in [-0.39, 0.29) is 12.5 Å². The van der Waals surface area contributed by atoms with Gasteiger partial charge < -0.3 is 4.74 Å². The van der Waals surface area contributed by atoms with Crippen LogP contribution in [-0.2, 0) is 11.3 Å². The largest absolute Gasteiger partial charge is 0.484 e. The lowest BCUT2D eigenvalue weighted by molar-refractivity contribution is -0.120. The zero-order valence-electron chi connectivity index (χ0n) is 19.0. The Labute approximate surface area is 193 Å². The Morgan fingerprint density at radius 3 is 2.44 bits per heavy atom. The molecule has 0 unspecified atom stereocenters. The van der Waals surface area contributed by atoms with Gasteiger partial charge in [0.1, 0.15) is 5.75 Å². The molecule has 0 N–H and O–H groups in total. The van der Waals surface area contributed by atoms with Crippen LogP contribution in [0.2, 0.25) is 0 Å². The monoisotopic (exact) mass is 444 g/mol. The van der Waals surface area contributed by atoms with Crippen molar-refractivity contribution < 1.29 is 9.53 Å². The SMILES string of the molecule is Cc1cc(C)c2sc(N(Cc3ccccc3)C(=O)COc3ccc(C(C)C)cc3)nc2c1. The summed E-state index contributed by atoms with van der Waals surface area (Å²) in [6, 6.07) is 22.1. The topological polar surface area (TPSA) is 42.4 Å². The third-order valence-corrected chi connectivity index (χ3v) is 6.66. The average Bonchev–Trinajstić information content (AvgIpc) is 3.21. The van der Waals surface area contributed by atoms with E-state index in [1.807, 2.05) is 54.6 Å². The fraction of sp³-hybridized carbons (Fsp3) is 0.259. The zero-order chi connectivity index (χ0) is 22.7. The molecule has 0 aliphatic heterocycles. The molecule has 0 fully saturated rings. The van der Waals surface area contributed by atoms with Crippen LogP contribution in [0, 0.1) is 13.8 Å². The van der Waals surface area contributed by atoms with Crippen molar-refractivity contribution in [3.63, 3.8) is 0 Å². The van der Waals surface area contributed by atoms with Gasteiger partial charge in [-0.15, -0.1) is 0 Å². The Hall–Kier alpha value is -3.18. The number of nitrogens with zero attached hydrogens (tertiary/aromatic N) is 2. The Morgan fingerprint density at radius 1 is 1.03 bits per heavy atom. The van der Waals surface area contributed by atoms with E-state index in [2.05, 4.69) is 39.8 Å². The minimum Gasteiger partial charge on any atom is -0.484 e. The second kappa shape index (κ2) is 9.53. The first-order valence-electron chi connectivity index (χ1n) is 10.9. The number of carbonyl (C=O) groups excluding carboxylic acids is 1. The van der Waals surface area contributed by atoms with Crippen molar-refractivity contribution in [1.29, 1.82) is 0 Å². The molecule has 32 heavy (non-hydrogen) atoms. The molecule has 0 atom stereocenters. The normalized spacial score (nSPS) is 11.2. The van der Waals surface area contributed by atoms with Gasteiger partial charge in [0.2, 0.25) is 0 Å². The van der Waals surface area contributed by atoms with Crippen molar-refractivity contribution in [2.45, 2.75) is 40.2 Å². The van der Waals surface area contributed by atoms with Gasteiger partial charge in [-0.05, 0) is 60.2 Å². The fourth-order valence-corrected chi connectivity index (χ4v) is 4.71. The molecule has 0 aliphatic rings. The first-order valence-corrected chi connectivity index (χ1v) is 11.7. The smallest absolute Gasteiger partial charge is 0.267 e. The number of aryl methyl sites for hydroxylation is 2. The molecule has 4 nitrogen and oxygen atoms in total. The number of amides is 1. The maximum Gasteiger partial charge on any atom is 0.267 e. The van der Waals surface area contributed by atoms with E-state index in [9.17, 15) is 4.79 Å². The standard InChI is InChI=1S/C27H28N2O2S/c1-18(2)22-10-12-23(13-11-22)31-17-25(30)29(16-21-8-6-5-7-9-21)27-28-24-15-19(3)14-20(4)26(24)32-27/h5-15,18H,16-17H2,1-4H3. The van der Waals surface area contributed by atoms with Crippen molar-refractivity contribution in [2.75, 3.05) is 11.5 Å². The highest BCUT2D eigenvalue weighted by molar-refractivity contribution is 7.22. The van der Waals surface area contributed by atoms with Crippen LogP contribution in [0.1, 0.15) is 42.0 Å². The number of rotatable bonds is 7. The van der Waals surface area contributed by atoms with Crippen molar-refractivity contribution in [3.05, 3.63) is 89.0 Å². The highest BCUT2D eigenvalue weighted by Gasteiger charge is 2.21. The molecule has 164 valence electrons. The maximum absolute atomic E-state index is 13.3. The Balaban J connectivity index is 1.59. The molecule has 4 rings (SSSR count). The second-order valence-corrected chi connectivity index (χ2v) is 9.38. The Kier molecular flexibility index (Phi) is 6.56. The molecule has 1 heterocycles. The van der Waals surface area contributed by atoms with E-state index in [4.69, 9.17) is 9.72 Å². The number of aromatic nitrogens is 1. The van der Waals surface area contributed by atoms with Gasteiger partial charge in [0.15, 0.2) is 11.7 Å². The van der Waals surface area contributed by atoms with Crippen LogP contribution in [-0.4, -0.2) is 17.5 Å². The van der Waals surface area contributed by atoms with Gasteiger partial charge in [-0.25, -0.2) is 4.98 Å². The number of carbonyl (C=O) groups is 1. The minimum absolute atomic E-state index is 0.0399. The summed E-state index contributed by atoms with van der Waals surface area (Å²) in [5.74, 6) is 1.03. The van der Waals surface area contributed by atoms with Crippen LogP contribution in [0.25, 0.3) is 10.2 Å². The first kappa shape index (κ1) is 22.0. The third kappa shape index (κ3) is 5.00. The highest BCUT2D eigenvalue weighted by Crippen LogP contribution is 2.33. The van der Waals surface area contributed by atoms with Gasteiger partial charge >= 0.3 is 0 Å². The second-order valence-electron chi connectivity index (χ2n) is 8.40. The predicted molar refractivity (Wildman–Crippen MR) is 133 cm³/mol. The number of hydrogen-bond acceptors (Lipinski definition) is 4. The van der Waals surface area contributed by atoms with Gasteiger partial charge in [0.05, 0.1) is 16.8 Å². The number of thiazole rings is 1. The summed E-state index contributed by atoms with van der Waals surface area (Å²) in [6.45, 7) is 8.88. The molecular formula is C27H28N2O2S. The summed E-state index contributed by atoms with van der Waals surface area (Å²) in [5, 5.41) is 0.696. The lowest BCUT2D eigenvalue weighted by Crippen LogP contribution is -2.34. The quantitative estimate of drug-likeness (QED) is 0.320. The lowest BCUT2D eigenvalue weighted by atomic mass is 10.0.